The van der Waals surface area contributed by atoms with Crippen LogP contribution >= 0.6 is 0 Å². The Hall–Kier alpha value is -1.13. The van der Waals surface area contributed by atoms with Crippen molar-refractivity contribution in [2.45, 2.75) is 32.2 Å². The molecule has 4 heteroatoms. The molecule has 1 aromatic rings. The molecule has 0 radical (unpaired) electrons. The van der Waals surface area contributed by atoms with E-state index in [0.717, 1.165) is 38.0 Å². The number of rotatable bonds is 9. The predicted octanol–water partition coefficient (Wildman–Crippen LogP) is 3.30. The third kappa shape index (κ3) is 5.17. The van der Waals surface area contributed by atoms with Crippen LogP contribution in [-0.2, 0) is 4.74 Å². The van der Waals surface area contributed by atoms with Crippen LogP contribution in [0, 0.1) is 5.82 Å². The Bertz CT molecular complexity index is 371. The maximum absolute atomic E-state index is 13.4. The van der Waals surface area contributed by atoms with Gasteiger partial charge in [0, 0.05) is 19.8 Å². The SMILES string of the molecule is CCCNC(CCCOC)c1ccc(F)c(OC)c1. The Morgan fingerprint density at radius 1 is 1.32 bits per heavy atom. The molecule has 1 atom stereocenters. The minimum absolute atomic E-state index is 0.213. The molecule has 0 aliphatic carbocycles. The zero-order valence-electron chi connectivity index (χ0n) is 12.0. The number of hydrogen-bond donors (Lipinski definition) is 1. The molecule has 3 nitrogen and oxygen atoms in total. The maximum atomic E-state index is 13.4. The summed E-state index contributed by atoms with van der Waals surface area (Å²) in [6.07, 6.45) is 3.00. The lowest BCUT2D eigenvalue weighted by molar-refractivity contribution is 0.188. The van der Waals surface area contributed by atoms with E-state index in [2.05, 4.69) is 12.2 Å². The van der Waals surface area contributed by atoms with E-state index in [4.69, 9.17) is 9.47 Å². The normalized spacial score (nSPS) is 12.4. The fourth-order valence-electron chi connectivity index (χ4n) is 2.03. The van der Waals surface area contributed by atoms with Crippen molar-refractivity contribution >= 4 is 0 Å². The molecular weight excluding hydrogens is 245 g/mol. The van der Waals surface area contributed by atoms with Crippen molar-refractivity contribution in [1.82, 2.24) is 5.32 Å². The molecule has 0 bridgehead atoms. The highest BCUT2D eigenvalue weighted by atomic mass is 19.1. The van der Waals surface area contributed by atoms with Crippen LogP contribution in [0.15, 0.2) is 18.2 Å². The molecular formula is C15H24FNO2. The molecule has 0 heterocycles. The zero-order chi connectivity index (χ0) is 14.1. The van der Waals surface area contributed by atoms with Crippen molar-refractivity contribution in [1.29, 1.82) is 0 Å². The maximum Gasteiger partial charge on any atom is 0.165 e. The lowest BCUT2D eigenvalue weighted by atomic mass is 10.0. The summed E-state index contributed by atoms with van der Waals surface area (Å²) in [6, 6.07) is 5.27. The first-order valence-corrected chi connectivity index (χ1v) is 6.78. The number of benzene rings is 1. The summed E-state index contributed by atoms with van der Waals surface area (Å²) < 4.78 is 23.5. The van der Waals surface area contributed by atoms with Gasteiger partial charge in [-0.1, -0.05) is 13.0 Å². The minimum Gasteiger partial charge on any atom is -0.494 e. The molecule has 0 saturated carbocycles. The topological polar surface area (TPSA) is 30.5 Å². The van der Waals surface area contributed by atoms with E-state index in [9.17, 15) is 4.39 Å². The molecule has 108 valence electrons. The molecule has 0 saturated heterocycles. The van der Waals surface area contributed by atoms with Crippen molar-refractivity contribution in [3.8, 4) is 5.75 Å². The molecule has 1 unspecified atom stereocenters. The van der Waals surface area contributed by atoms with Crippen LogP contribution in [0.5, 0.6) is 5.75 Å². The molecule has 1 rings (SSSR count). The van der Waals surface area contributed by atoms with Gasteiger partial charge in [0.05, 0.1) is 7.11 Å². The first-order chi connectivity index (χ1) is 9.22. The molecule has 1 aromatic carbocycles. The van der Waals surface area contributed by atoms with Crippen LogP contribution < -0.4 is 10.1 Å². The summed E-state index contributed by atoms with van der Waals surface area (Å²) in [5, 5.41) is 3.48. The largest absolute Gasteiger partial charge is 0.494 e. The third-order valence-corrected chi connectivity index (χ3v) is 3.06. The predicted molar refractivity (Wildman–Crippen MR) is 75.1 cm³/mol. The summed E-state index contributed by atoms with van der Waals surface area (Å²) in [5.41, 5.74) is 1.06. The van der Waals surface area contributed by atoms with Gasteiger partial charge in [-0.2, -0.15) is 0 Å². The summed E-state index contributed by atoms with van der Waals surface area (Å²) in [7, 11) is 3.19. The van der Waals surface area contributed by atoms with E-state index >= 15 is 0 Å². The summed E-state index contributed by atoms with van der Waals surface area (Å²) in [4.78, 5) is 0. The molecule has 0 amide bonds. The van der Waals surface area contributed by atoms with Gasteiger partial charge in [0.25, 0.3) is 0 Å². The van der Waals surface area contributed by atoms with Gasteiger partial charge in [0.15, 0.2) is 11.6 Å². The summed E-state index contributed by atoms with van der Waals surface area (Å²) in [5.74, 6) is -0.0232. The number of hydrogen-bond acceptors (Lipinski definition) is 3. The first-order valence-electron chi connectivity index (χ1n) is 6.78. The molecule has 19 heavy (non-hydrogen) atoms. The summed E-state index contributed by atoms with van der Waals surface area (Å²) >= 11 is 0. The van der Waals surface area contributed by atoms with Crippen molar-refractivity contribution in [3.63, 3.8) is 0 Å². The smallest absolute Gasteiger partial charge is 0.165 e. The highest BCUT2D eigenvalue weighted by molar-refractivity contribution is 5.32. The molecule has 0 spiro atoms. The Kier molecular flexibility index (Phi) is 7.45. The standard InChI is InChI=1S/C15H24FNO2/c1-4-9-17-14(6-5-10-18-2)12-7-8-13(16)15(11-12)19-3/h7-8,11,14,17H,4-6,9-10H2,1-3H3. The second-order valence-electron chi connectivity index (χ2n) is 4.54. The van der Waals surface area contributed by atoms with E-state index in [-0.39, 0.29) is 11.9 Å². The number of ether oxygens (including phenoxy) is 2. The second-order valence-corrected chi connectivity index (χ2v) is 4.54. The van der Waals surface area contributed by atoms with E-state index in [1.54, 1.807) is 13.2 Å². The van der Waals surface area contributed by atoms with Crippen molar-refractivity contribution in [3.05, 3.63) is 29.6 Å². The van der Waals surface area contributed by atoms with Gasteiger partial charge < -0.3 is 14.8 Å². The van der Waals surface area contributed by atoms with E-state index in [1.807, 2.05) is 6.07 Å². The zero-order valence-corrected chi connectivity index (χ0v) is 12.0. The fraction of sp³-hybridized carbons (Fsp3) is 0.600. The first kappa shape index (κ1) is 15.9. The Balaban J connectivity index is 2.76. The highest BCUT2D eigenvalue weighted by Gasteiger charge is 2.13. The van der Waals surface area contributed by atoms with Gasteiger partial charge in [-0.05, 0) is 43.5 Å². The van der Waals surface area contributed by atoms with Crippen LogP contribution in [-0.4, -0.2) is 27.4 Å². The van der Waals surface area contributed by atoms with E-state index in [0.29, 0.717) is 5.75 Å². The van der Waals surface area contributed by atoms with Gasteiger partial charge in [-0.15, -0.1) is 0 Å². The van der Waals surface area contributed by atoms with Gasteiger partial charge in [0.1, 0.15) is 0 Å². The molecule has 0 aliphatic rings. The minimum atomic E-state index is -0.322. The lowest BCUT2D eigenvalue weighted by Crippen LogP contribution is -2.22. The monoisotopic (exact) mass is 269 g/mol. The average Bonchev–Trinajstić information content (AvgIpc) is 2.43. The van der Waals surface area contributed by atoms with Crippen LogP contribution in [0.25, 0.3) is 0 Å². The van der Waals surface area contributed by atoms with E-state index in [1.165, 1.54) is 13.2 Å². The second kappa shape index (κ2) is 8.88. The lowest BCUT2D eigenvalue weighted by Gasteiger charge is -2.19. The molecule has 0 aromatic heterocycles. The van der Waals surface area contributed by atoms with Crippen LogP contribution in [0.4, 0.5) is 4.39 Å². The Morgan fingerprint density at radius 3 is 2.74 bits per heavy atom. The van der Waals surface area contributed by atoms with Crippen LogP contribution in [0.3, 0.4) is 0 Å². The number of nitrogens with one attached hydrogen (secondary N) is 1. The van der Waals surface area contributed by atoms with Crippen molar-refractivity contribution in [2.75, 3.05) is 27.4 Å². The fourth-order valence-corrected chi connectivity index (χ4v) is 2.03. The summed E-state index contributed by atoms with van der Waals surface area (Å²) in [6.45, 7) is 3.81. The van der Waals surface area contributed by atoms with Gasteiger partial charge in [-0.3, -0.25) is 0 Å². The van der Waals surface area contributed by atoms with Crippen LogP contribution in [0.2, 0.25) is 0 Å². The number of methoxy groups -OCH3 is 2. The van der Waals surface area contributed by atoms with Gasteiger partial charge >= 0.3 is 0 Å². The van der Waals surface area contributed by atoms with Crippen molar-refractivity contribution < 1.29 is 13.9 Å². The molecule has 1 N–H and O–H groups in total. The average molecular weight is 269 g/mol. The third-order valence-electron chi connectivity index (χ3n) is 3.06. The highest BCUT2D eigenvalue weighted by Crippen LogP contribution is 2.25. The molecule has 0 aliphatic heterocycles. The van der Waals surface area contributed by atoms with Crippen LogP contribution in [0.1, 0.15) is 37.8 Å². The van der Waals surface area contributed by atoms with Gasteiger partial charge in [-0.25, -0.2) is 4.39 Å². The van der Waals surface area contributed by atoms with E-state index < -0.39 is 0 Å². The van der Waals surface area contributed by atoms with Gasteiger partial charge in [0.2, 0.25) is 0 Å². The molecule has 0 fully saturated rings. The Labute approximate surface area is 115 Å². The number of halogens is 1. The van der Waals surface area contributed by atoms with Crippen molar-refractivity contribution in [2.24, 2.45) is 0 Å². The Morgan fingerprint density at radius 2 is 2.11 bits per heavy atom. The quantitative estimate of drug-likeness (QED) is 0.698.